The Morgan fingerprint density at radius 2 is 1.50 bits per heavy atom. The van der Waals surface area contributed by atoms with Gasteiger partial charge in [-0.25, -0.2) is 0 Å². The fourth-order valence-electron chi connectivity index (χ4n) is 1.98. The van der Waals surface area contributed by atoms with Crippen molar-refractivity contribution in [1.29, 1.82) is 0 Å². The van der Waals surface area contributed by atoms with E-state index in [1.54, 1.807) is 0 Å². The van der Waals surface area contributed by atoms with Crippen LogP contribution in [-0.4, -0.2) is 80.9 Å². The van der Waals surface area contributed by atoms with E-state index in [9.17, 15) is 9.90 Å². The molecule has 1 aliphatic heterocycles. The molecule has 0 spiro atoms. The van der Waals surface area contributed by atoms with Crippen LogP contribution in [0.1, 0.15) is 0 Å². The summed E-state index contributed by atoms with van der Waals surface area (Å²) in [6.45, 7) is 6.41. The van der Waals surface area contributed by atoms with Gasteiger partial charge in [-0.2, -0.15) is 0 Å². The van der Waals surface area contributed by atoms with Crippen molar-refractivity contribution in [3.8, 4) is 0 Å². The van der Waals surface area contributed by atoms with Crippen molar-refractivity contribution in [2.75, 3.05) is 59.0 Å². The standard InChI is InChI=1S/C11H25N5O2/c12-11(18)10(9-17)16-7-5-14-3-1-13-2-4-15-6-8-16/h10,13-15,17H,1-9H2,(H2,12,18). The summed E-state index contributed by atoms with van der Waals surface area (Å²) in [6.07, 6.45) is 0. The molecule has 0 bridgehead atoms. The van der Waals surface area contributed by atoms with E-state index in [0.29, 0.717) is 13.1 Å². The highest BCUT2D eigenvalue weighted by Gasteiger charge is 2.22. The second kappa shape index (κ2) is 9.23. The number of amides is 1. The van der Waals surface area contributed by atoms with E-state index in [0.717, 1.165) is 39.3 Å². The van der Waals surface area contributed by atoms with E-state index >= 15 is 0 Å². The molecule has 1 heterocycles. The minimum Gasteiger partial charge on any atom is -0.394 e. The molecule has 1 atom stereocenters. The molecule has 1 aliphatic rings. The molecule has 0 aromatic heterocycles. The maximum atomic E-state index is 11.3. The minimum absolute atomic E-state index is 0.225. The number of hydrogen-bond donors (Lipinski definition) is 5. The Kier molecular flexibility index (Phi) is 7.86. The molecule has 18 heavy (non-hydrogen) atoms. The fourth-order valence-corrected chi connectivity index (χ4v) is 1.98. The van der Waals surface area contributed by atoms with E-state index in [2.05, 4.69) is 16.0 Å². The van der Waals surface area contributed by atoms with Crippen molar-refractivity contribution in [1.82, 2.24) is 20.9 Å². The van der Waals surface area contributed by atoms with Crippen LogP contribution in [0.3, 0.4) is 0 Å². The third-order valence-electron chi connectivity index (χ3n) is 3.05. The van der Waals surface area contributed by atoms with Crippen LogP contribution in [0.15, 0.2) is 0 Å². The molecule has 1 rings (SSSR count). The maximum Gasteiger partial charge on any atom is 0.237 e. The quantitative estimate of drug-likeness (QED) is 0.368. The van der Waals surface area contributed by atoms with Gasteiger partial charge in [-0.05, 0) is 0 Å². The predicted molar refractivity (Wildman–Crippen MR) is 70.3 cm³/mol. The van der Waals surface area contributed by atoms with E-state index in [1.807, 2.05) is 4.90 Å². The van der Waals surface area contributed by atoms with Crippen LogP contribution < -0.4 is 21.7 Å². The van der Waals surface area contributed by atoms with Crippen molar-refractivity contribution >= 4 is 5.91 Å². The predicted octanol–water partition coefficient (Wildman–Crippen LogP) is -3.08. The number of aliphatic hydroxyl groups excluding tert-OH is 1. The number of rotatable bonds is 3. The lowest BCUT2D eigenvalue weighted by Gasteiger charge is -2.28. The maximum absolute atomic E-state index is 11.3. The second-order valence-corrected chi connectivity index (χ2v) is 4.39. The van der Waals surface area contributed by atoms with Gasteiger partial charge >= 0.3 is 0 Å². The second-order valence-electron chi connectivity index (χ2n) is 4.39. The largest absolute Gasteiger partial charge is 0.394 e. The molecule has 6 N–H and O–H groups in total. The first kappa shape index (κ1) is 15.3. The monoisotopic (exact) mass is 259 g/mol. The number of primary amides is 1. The molecule has 1 saturated heterocycles. The summed E-state index contributed by atoms with van der Waals surface area (Å²) in [5.41, 5.74) is 5.30. The highest BCUT2D eigenvalue weighted by atomic mass is 16.3. The number of nitrogens with zero attached hydrogens (tertiary/aromatic N) is 1. The van der Waals surface area contributed by atoms with Gasteiger partial charge in [-0.1, -0.05) is 0 Å². The molecule has 1 unspecified atom stereocenters. The Morgan fingerprint density at radius 3 is 1.89 bits per heavy atom. The van der Waals surface area contributed by atoms with Crippen molar-refractivity contribution in [3.05, 3.63) is 0 Å². The molecule has 7 heteroatoms. The summed E-state index contributed by atoms with van der Waals surface area (Å²) in [6, 6.07) is -0.588. The average Bonchev–Trinajstić information content (AvgIpc) is 2.32. The van der Waals surface area contributed by atoms with Gasteiger partial charge in [0.1, 0.15) is 6.04 Å². The average molecular weight is 259 g/mol. The van der Waals surface area contributed by atoms with Crippen LogP contribution in [0, 0.1) is 0 Å². The van der Waals surface area contributed by atoms with E-state index in [-0.39, 0.29) is 6.61 Å². The summed E-state index contributed by atoms with van der Waals surface area (Å²) in [7, 11) is 0. The van der Waals surface area contributed by atoms with Crippen LogP contribution in [0.25, 0.3) is 0 Å². The third-order valence-corrected chi connectivity index (χ3v) is 3.05. The Hall–Kier alpha value is -0.730. The Morgan fingerprint density at radius 1 is 1.06 bits per heavy atom. The third kappa shape index (κ3) is 5.74. The first-order chi connectivity index (χ1) is 8.75. The van der Waals surface area contributed by atoms with Crippen molar-refractivity contribution in [2.45, 2.75) is 6.04 Å². The number of carbonyl (C=O) groups is 1. The van der Waals surface area contributed by atoms with Crippen LogP contribution in [0.5, 0.6) is 0 Å². The molecule has 1 fully saturated rings. The summed E-state index contributed by atoms with van der Waals surface area (Å²) in [5, 5.41) is 19.1. The van der Waals surface area contributed by atoms with Crippen molar-refractivity contribution in [3.63, 3.8) is 0 Å². The number of hydrogen-bond acceptors (Lipinski definition) is 6. The normalized spacial score (nSPS) is 22.7. The van der Waals surface area contributed by atoms with Gasteiger partial charge in [0.2, 0.25) is 5.91 Å². The Balaban J connectivity index is 2.47. The van der Waals surface area contributed by atoms with Gasteiger partial charge in [0.15, 0.2) is 0 Å². The van der Waals surface area contributed by atoms with Crippen LogP contribution in [0.2, 0.25) is 0 Å². The fraction of sp³-hybridized carbons (Fsp3) is 0.909. The molecule has 0 saturated carbocycles. The lowest BCUT2D eigenvalue weighted by molar-refractivity contribution is -0.124. The van der Waals surface area contributed by atoms with Gasteiger partial charge in [0.25, 0.3) is 0 Å². The lowest BCUT2D eigenvalue weighted by Crippen LogP contribution is -2.52. The Bertz CT molecular complexity index is 227. The zero-order valence-electron chi connectivity index (χ0n) is 10.8. The summed E-state index contributed by atoms with van der Waals surface area (Å²) in [5.74, 6) is -0.466. The molecular formula is C11H25N5O2. The molecule has 0 aliphatic carbocycles. The lowest BCUT2D eigenvalue weighted by atomic mass is 10.2. The number of carbonyl (C=O) groups excluding carboxylic acids is 1. The van der Waals surface area contributed by atoms with Crippen LogP contribution in [-0.2, 0) is 4.79 Å². The molecule has 0 aromatic rings. The SMILES string of the molecule is NC(=O)C(CO)N1CCNCCNCCNCC1. The van der Waals surface area contributed by atoms with Gasteiger partial charge in [0.05, 0.1) is 6.61 Å². The smallest absolute Gasteiger partial charge is 0.237 e. The van der Waals surface area contributed by atoms with Crippen molar-refractivity contribution < 1.29 is 9.90 Å². The first-order valence-corrected chi connectivity index (χ1v) is 6.52. The van der Waals surface area contributed by atoms with Crippen LogP contribution >= 0.6 is 0 Å². The zero-order chi connectivity index (χ0) is 13.2. The summed E-state index contributed by atoms with van der Waals surface area (Å²) >= 11 is 0. The molecule has 0 aromatic carbocycles. The summed E-state index contributed by atoms with van der Waals surface area (Å²) in [4.78, 5) is 13.2. The molecule has 1 amide bonds. The van der Waals surface area contributed by atoms with Gasteiger partial charge in [-0.15, -0.1) is 0 Å². The van der Waals surface area contributed by atoms with Gasteiger partial charge in [0, 0.05) is 52.4 Å². The van der Waals surface area contributed by atoms with Crippen molar-refractivity contribution in [2.24, 2.45) is 5.73 Å². The highest BCUT2D eigenvalue weighted by molar-refractivity contribution is 5.79. The molecule has 106 valence electrons. The zero-order valence-corrected chi connectivity index (χ0v) is 10.8. The van der Waals surface area contributed by atoms with Gasteiger partial charge in [-0.3, -0.25) is 9.69 Å². The topological polar surface area (TPSA) is 103 Å². The summed E-state index contributed by atoms with van der Waals surface area (Å²) < 4.78 is 0. The van der Waals surface area contributed by atoms with Crippen LogP contribution in [0.4, 0.5) is 0 Å². The molecular weight excluding hydrogens is 234 g/mol. The van der Waals surface area contributed by atoms with E-state index in [1.165, 1.54) is 0 Å². The highest BCUT2D eigenvalue weighted by Crippen LogP contribution is 1.97. The van der Waals surface area contributed by atoms with Gasteiger partial charge < -0.3 is 26.8 Å². The number of nitrogens with two attached hydrogens (primary N) is 1. The number of aliphatic hydroxyl groups is 1. The van der Waals surface area contributed by atoms with E-state index in [4.69, 9.17) is 5.73 Å². The van der Waals surface area contributed by atoms with E-state index < -0.39 is 11.9 Å². The Labute approximate surface area is 108 Å². The minimum atomic E-state index is -0.588. The first-order valence-electron chi connectivity index (χ1n) is 6.52. The molecule has 7 nitrogen and oxygen atoms in total. The molecule has 0 radical (unpaired) electrons. The number of nitrogens with one attached hydrogen (secondary N) is 3.